The first kappa shape index (κ1) is 15.0. The number of hydrogen-bond acceptors (Lipinski definition) is 2. The lowest BCUT2D eigenvalue weighted by Crippen LogP contribution is -2.31. The maximum Gasteiger partial charge on any atom is 0.224 e. The highest BCUT2D eigenvalue weighted by atomic mass is 32.2. The molecule has 2 nitrogen and oxygen atoms in total. The van der Waals surface area contributed by atoms with Gasteiger partial charge in [0.1, 0.15) is 11.6 Å². The van der Waals surface area contributed by atoms with Crippen molar-refractivity contribution in [3.8, 4) is 0 Å². The summed E-state index contributed by atoms with van der Waals surface area (Å²) in [5.74, 6) is 0.0407. The number of nitrogens with one attached hydrogen (secondary N) is 1. The highest BCUT2D eigenvalue weighted by Crippen LogP contribution is 2.36. The van der Waals surface area contributed by atoms with E-state index in [9.17, 15) is 13.6 Å². The van der Waals surface area contributed by atoms with Gasteiger partial charge in [-0.1, -0.05) is 12.1 Å². The molecule has 3 rings (SSSR count). The molecule has 1 atom stereocenters. The topological polar surface area (TPSA) is 29.1 Å². The van der Waals surface area contributed by atoms with Gasteiger partial charge < -0.3 is 5.32 Å². The zero-order valence-corrected chi connectivity index (χ0v) is 12.6. The van der Waals surface area contributed by atoms with E-state index in [1.54, 1.807) is 30.0 Å². The molecule has 5 heteroatoms. The Bertz CT molecular complexity index is 705. The molecule has 0 radical (unpaired) electrons. The zero-order valence-electron chi connectivity index (χ0n) is 11.8. The van der Waals surface area contributed by atoms with Gasteiger partial charge in [-0.05, 0) is 47.9 Å². The van der Waals surface area contributed by atoms with Gasteiger partial charge in [0.05, 0.1) is 12.5 Å². The van der Waals surface area contributed by atoms with Gasteiger partial charge in [-0.3, -0.25) is 4.79 Å². The Morgan fingerprint density at radius 2 is 2.00 bits per heavy atom. The molecule has 0 aliphatic carbocycles. The lowest BCUT2D eigenvalue weighted by atomic mass is 10.0. The van der Waals surface area contributed by atoms with E-state index in [1.807, 2.05) is 0 Å². The van der Waals surface area contributed by atoms with Crippen LogP contribution in [-0.4, -0.2) is 11.7 Å². The Balaban J connectivity index is 1.71. The van der Waals surface area contributed by atoms with Crippen molar-refractivity contribution in [1.82, 2.24) is 5.32 Å². The van der Waals surface area contributed by atoms with Gasteiger partial charge in [-0.25, -0.2) is 8.78 Å². The van der Waals surface area contributed by atoms with Gasteiger partial charge >= 0.3 is 0 Å². The lowest BCUT2D eigenvalue weighted by molar-refractivity contribution is -0.121. The SMILES string of the molecule is O=C(Cc1cccc(F)c1)N[C@@H]1CCSc2ccc(F)cc21. The van der Waals surface area contributed by atoms with Crippen LogP contribution in [0.2, 0.25) is 0 Å². The minimum atomic E-state index is -0.355. The molecular weight excluding hydrogens is 304 g/mol. The second kappa shape index (κ2) is 6.48. The predicted molar refractivity (Wildman–Crippen MR) is 82.7 cm³/mol. The quantitative estimate of drug-likeness (QED) is 0.931. The number of benzene rings is 2. The van der Waals surface area contributed by atoms with Crippen LogP contribution in [-0.2, 0) is 11.2 Å². The van der Waals surface area contributed by atoms with E-state index in [4.69, 9.17) is 0 Å². The summed E-state index contributed by atoms with van der Waals surface area (Å²) < 4.78 is 26.6. The third kappa shape index (κ3) is 3.47. The number of fused-ring (bicyclic) bond motifs is 1. The molecule has 114 valence electrons. The minimum absolute atomic E-state index is 0.117. The first-order valence-corrected chi connectivity index (χ1v) is 8.06. The van der Waals surface area contributed by atoms with Gasteiger partial charge in [0.15, 0.2) is 0 Å². The van der Waals surface area contributed by atoms with Crippen LogP contribution in [0.5, 0.6) is 0 Å². The summed E-state index contributed by atoms with van der Waals surface area (Å²) in [6.45, 7) is 0. The molecule has 0 saturated carbocycles. The van der Waals surface area contributed by atoms with E-state index < -0.39 is 0 Å². The number of carbonyl (C=O) groups excluding carboxylic acids is 1. The molecule has 1 aliphatic heterocycles. The van der Waals surface area contributed by atoms with Gasteiger partial charge in [0.2, 0.25) is 5.91 Å². The molecule has 0 bridgehead atoms. The highest BCUT2D eigenvalue weighted by molar-refractivity contribution is 7.99. The van der Waals surface area contributed by atoms with Gasteiger partial charge in [0.25, 0.3) is 0 Å². The number of rotatable bonds is 3. The maximum atomic E-state index is 13.4. The van der Waals surface area contributed by atoms with E-state index in [1.165, 1.54) is 24.3 Å². The van der Waals surface area contributed by atoms with Crippen molar-refractivity contribution >= 4 is 17.7 Å². The fraction of sp³-hybridized carbons (Fsp3) is 0.235. The molecule has 2 aromatic carbocycles. The lowest BCUT2D eigenvalue weighted by Gasteiger charge is -2.26. The summed E-state index contributed by atoms with van der Waals surface area (Å²) in [7, 11) is 0. The summed E-state index contributed by atoms with van der Waals surface area (Å²) in [6, 6.07) is 10.5. The third-order valence-electron chi connectivity index (χ3n) is 3.60. The van der Waals surface area contributed by atoms with E-state index in [0.717, 1.165) is 22.6 Å². The van der Waals surface area contributed by atoms with Crippen LogP contribution < -0.4 is 5.32 Å². The molecule has 22 heavy (non-hydrogen) atoms. The van der Waals surface area contributed by atoms with Crippen LogP contribution in [0.3, 0.4) is 0 Å². The molecule has 0 spiro atoms. The largest absolute Gasteiger partial charge is 0.349 e. The smallest absolute Gasteiger partial charge is 0.224 e. The number of carbonyl (C=O) groups is 1. The van der Waals surface area contributed by atoms with Crippen molar-refractivity contribution in [2.45, 2.75) is 23.8 Å². The summed E-state index contributed by atoms with van der Waals surface area (Å²) in [5, 5.41) is 2.93. The fourth-order valence-corrected chi connectivity index (χ4v) is 3.70. The van der Waals surface area contributed by atoms with Crippen LogP contribution in [0.4, 0.5) is 8.78 Å². The van der Waals surface area contributed by atoms with Crippen LogP contribution in [0.25, 0.3) is 0 Å². The molecule has 1 amide bonds. The molecule has 0 unspecified atom stereocenters. The van der Waals surface area contributed by atoms with Gasteiger partial charge in [-0.15, -0.1) is 11.8 Å². The minimum Gasteiger partial charge on any atom is -0.349 e. The Labute approximate surface area is 131 Å². The molecular formula is C17H15F2NOS. The molecule has 0 saturated heterocycles. The van der Waals surface area contributed by atoms with Crippen LogP contribution in [0, 0.1) is 11.6 Å². The van der Waals surface area contributed by atoms with Crippen molar-refractivity contribution in [2.24, 2.45) is 0 Å². The summed E-state index contributed by atoms with van der Waals surface area (Å²) in [5.41, 5.74) is 1.45. The average Bonchev–Trinajstić information content (AvgIpc) is 2.48. The van der Waals surface area contributed by atoms with Gasteiger partial charge in [0, 0.05) is 10.6 Å². The van der Waals surface area contributed by atoms with Crippen LogP contribution in [0.1, 0.15) is 23.6 Å². The number of halogens is 2. The van der Waals surface area contributed by atoms with Crippen molar-refractivity contribution in [2.75, 3.05) is 5.75 Å². The fourth-order valence-electron chi connectivity index (χ4n) is 2.59. The number of thioether (sulfide) groups is 1. The van der Waals surface area contributed by atoms with Crippen LogP contribution >= 0.6 is 11.8 Å². The van der Waals surface area contributed by atoms with Crippen molar-refractivity contribution in [3.05, 3.63) is 65.2 Å². The average molecular weight is 319 g/mol. The molecule has 2 aromatic rings. The Morgan fingerprint density at radius 1 is 1.18 bits per heavy atom. The third-order valence-corrected chi connectivity index (χ3v) is 4.72. The number of hydrogen-bond donors (Lipinski definition) is 1. The molecule has 1 N–H and O–H groups in total. The van der Waals surface area contributed by atoms with E-state index >= 15 is 0 Å². The van der Waals surface area contributed by atoms with Crippen LogP contribution in [0.15, 0.2) is 47.4 Å². The van der Waals surface area contributed by atoms with Gasteiger partial charge in [-0.2, -0.15) is 0 Å². The second-order valence-corrected chi connectivity index (χ2v) is 6.38. The monoisotopic (exact) mass is 319 g/mol. The van der Waals surface area contributed by atoms with E-state index in [2.05, 4.69) is 5.32 Å². The van der Waals surface area contributed by atoms with Crippen molar-refractivity contribution in [1.29, 1.82) is 0 Å². The normalized spacial score (nSPS) is 16.9. The summed E-state index contributed by atoms with van der Waals surface area (Å²) in [4.78, 5) is 13.2. The summed E-state index contributed by atoms with van der Waals surface area (Å²) in [6.07, 6.45) is 0.877. The first-order chi connectivity index (χ1) is 10.6. The Morgan fingerprint density at radius 3 is 2.82 bits per heavy atom. The van der Waals surface area contributed by atoms with Crippen molar-refractivity contribution in [3.63, 3.8) is 0 Å². The molecule has 1 heterocycles. The second-order valence-electron chi connectivity index (χ2n) is 5.25. The predicted octanol–water partition coefficient (Wildman–Crippen LogP) is 3.86. The highest BCUT2D eigenvalue weighted by Gasteiger charge is 2.22. The first-order valence-electron chi connectivity index (χ1n) is 7.08. The molecule has 0 fully saturated rings. The zero-order chi connectivity index (χ0) is 15.5. The molecule has 1 aliphatic rings. The number of amides is 1. The standard InChI is InChI=1S/C17H15F2NOS/c18-12-3-1-2-11(8-12)9-17(21)20-15-6-7-22-16-5-4-13(19)10-14(15)16/h1-5,8,10,15H,6-7,9H2,(H,20,21)/t15-/m1/s1. The molecule has 0 aromatic heterocycles. The summed E-state index contributed by atoms with van der Waals surface area (Å²) >= 11 is 1.67. The Hall–Kier alpha value is -1.88. The van der Waals surface area contributed by atoms with E-state index in [0.29, 0.717) is 5.56 Å². The maximum absolute atomic E-state index is 13.4. The Kier molecular flexibility index (Phi) is 4.43. The van der Waals surface area contributed by atoms with Crippen molar-refractivity contribution < 1.29 is 13.6 Å². The van der Waals surface area contributed by atoms with E-state index in [-0.39, 0.29) is 30.0 Å².